The van der Waals surface area contributed by atoms with Crippen molar-refractivity contribution in [3.05, 3.63) is 46.1 Å². The normalized spacial score (nSPS) is 10.8. The Kier molecular flexibility index (Phi) is 2.19. The van der Waals surface area contributed by atoms with Gasteiger partial charge in [0.15, 0.2) is 5.82 Å². The zero-order chi connectivity index (χ0) is 11.8. The van der Waals surface area contributed by atoms with Crippen LogP contribution < -0.4 is 4.87 Å². The zero-order valence-electron chi connectivity index (χ0n) is 8.68. The Labute approximate surface area is 100 Å². The molecule has 1 heterocycles. The van der Waals surface area contributed by atoms with E-state index in [1.165, 1.54) is 0 Å². The Balaban J connectivity index is 2.20. The molecule has 2 aromatic carbocycles. The Morgan fingerprint density at radius 3 is 2.65 bits per heavy atom. The molecule has 0 amide bonds. The number of nitrogens with one attached hydrogen (secondary N) is 1. The molecule has 0 saturated heterocycles. The fourth-order valence-corrected chi connectivity index (χ4v) is 2.20. The molecule has 17 heavy (non-hydrogen) atoms. The first-order chi connectivity index (χ1) is 8.22. The summed E-state index contributed by atoms with van der Waals surface area (Å²) < 4.78 is 4.03. The lowest BCUT2D eigenvalue weighted by atomic mass is 10.1. The number of rotatable bonds is 1. The lowest BCUT2D eigenvalue weighted by molar-refractivity contribution is 0.476. The molecule has 0 aliphatic heterocycles. The average molecular weight is 244 g/mol. The minimum Gasteiger partial charge on any atom is -0.508 e. The number of benzene rings is 2. The molecule has 1 aromatic heterocycles. The Morgan fingerprint density at radius 2 is 1.88 bits per heavy atom. The van der Waals surface area contributed by atoms with E-state index in [1.54, 1.807) is 12.1 Å². The van der Waals surface area contributed by atoms with Crippen LogP contribution in [0.4, 0.5) is 0 Å². The lowest BCUT2D eigenvalue weighted by Crippen LogP contribution is -1.92. The van der Waals surface area contributed by atoms with Gasteiger partial charge >= 0.3 is 4.87 Å². The summed E-state index contributed by atoms with van der Waals surface area (Å²) in [5, 5.41) is 11.3. The van der Waals surface area contributed by atoms with Crippen LogP contribution in [-0.4, -0.2) is 14.5 Å². The van der Waals surface area contributed by atoms with Gasteiger partial charge < -0.3 is 5.11 Å². The molecule has 0 aliphatic rings. The number of H-pyrrole nitrogens is 1. The number of phenols is 1. The van der Waals surface area contributed by atoms with Crippen LogP contribution in [0.3, 0.4) is 0 Å². The SMILES string of the molecule is O=c1[nH]c(-c2ccc3cc(O)ccc3c2)ns1. The van der Waals surface area contributed by atoms with Crippen LogP contribution in [-0.2, 0) is 0 Å². The summed E-state index contributed by atoms with van der Waals surface area (Å²) >= 11 is 0.906. The van der Waals surface area contributed by atoms with Crippen molar-refractivity contribution in [3.63, 3.8) is 0 Å². The minimum absolute atomic E-state index is 0.161. The molecule has 0 unspecified atom stereocenters. The lowest BCUT2D eigenvalue weighted by Gasteiger charge is -2.01. The van der Waals surface area contributed by atoms with Crippen molar-refractivity contribution in [3.8, 4) is 17.1 Å². The molecule has 84 valence electrons. The van der Waals surface area contributed by atoms with Crippen LogP contribution in [0.5, 0.6) is 5.75 Å². The third-order valence-corrected chi connectivity index (χ3v) is 3.08. The van der Waals surface area contributed by atoms with E-state index in [2.05, 4.69) is 9.36 Å². The summed E-state index contributed by atoms with van der Waals surface area (Å²) in [4.78, 5) is 13.5. The van der Waals surface area contributed by atoms with Crippen LogP contribution in [0.2, 0.25) is 0 Å². The number of phenolic OH excluding ortho intramolecular Hbond substituents is 1. The Morgan fingerprint density at radius 1 is 1.12 bits per heavy atom. The largest absolute Gasteiger partial charge is 0.508 e. The Hall–Kier alpha value is -2.14. The average Bonchev–Trinajstić information content (AvgIpc) is 2.75. The molecule has 0 radical (unpaired) electrons. The second kappa shape index (κ2) is 3.71. The van der Waals surface area contributed by atoms with Crippen molar-refractivity contribution in [2.45, 2.75) is 0 Å². The molecule has 3 aromatic rings. The standard InChI is InChI=1S/C12H8N2O2S/c15-10-4-3-7-5-9(2-1-8(7)6-10)11-13-12(16)17-14-11/h1-6,15H,(H,13,14,16). The molecule has 2 N–H and O–H groups in total. The van der Waals surface area contributed by atoms with Gasteiger partial charge in [0.2, 0.25) is 0 Å². The van der Waals surface area contributed by atoms with Crippen molar-refractivity contribution in [2.24, 2.45) is 0 Å². The summed E-state index contributed by atoms with van der Waals surface area (Å²) in [6.45, 7) is 0. The summed E-state index contributed by atoms with van der Waals surface area (Å²) in [6.07, 6.45) is 0. The monoisotopic (exact) mass is 244 g/mol. The molecule has 3 rings (SSSR count). The van der Waals surface area contributed by atoms with E-state index in [4.69, 9.17) is 0 Å². The number of aromatic amines is 1. The van der Waals surface area contributed by atoms with Gasteiger partial charge in [0.05, 0.1) is 0 Å². The van der Waals surface area contributed by atoms with Gasteiger partial charge in [-0.1, -0.05) is 18.2 Å². The molecule has 0 bridgehead atoms. The van der Waals surface area contributed by atoms with Gasteiger partial charge in [-0.2, -0.15) is 4.37 Å². The summed E-state index contributed by atoms with van der Waals surface area (Å²) in [7, 11) is 0. The topological polar surface area (TPSA) is 66.0 Å². The predicted octanol–water partition coefficient (Wildman–Crippen LogP) is 2.36. The van der Waals surface area contributed by atoms with Crippen LogP contribution >= 0.6 is 11.5 Å². The van der Waals surface area contributed by atoms with E-state index < -0.39 is 0 Å². The number of fused-ring (bicyclic) bond motifs is 1. The molecular weight excluding hydrogens is 236 g/mol. The van der Waals surface area contributed by atoms with E-state index in [0.29, 0.717) is 5.82 Å². The Bertz CT molecular complexity index is 745. The zero-order valence-corrected chi connectivity index (χ0v) is 9.49. The fourth-order valence-electron chi connectivity index (χ4n) is 1.73. The van der Waals surface area contributed by atoms with E-state index >= 15 is 0 Å². The van der Waals surface area contributed by atoms with Crippen molar-refractivity contribution < 1.29 is 5.11 Å². The van der Waals surface area contributed by atoms with Crippen molar-refractivity contribution in [2.75, 3.05) is 0 Å². The first-order valence-corrected chi connectivity index (χ1v) is 5.79. The maximum atomic E-state index is 11.0. The van der Waals surface area contributed by atoms with Gasteiger partial charge in [0.25, 0.3) is 0 Å². The number of nitrogens with zero attached hydrogens (tertiary/aromatic N) is 1. The van der Waals surface area contributed by atoms with Gasteiger partial charge in [0, 0.05) is 17.1 Å². The molecular formula is C12H8N2O2S. The molecule has 4 nitrogen and oxygen atoms in total. The van der Waals surface area contributed by atoms with Crippen molar-refractivity contribution >= 4 is 22.3 Å². The molecule has 5 heteroatoms. The van der Waals surface area contributed by atoms with E-state index in [9.17, 15) is 9.90 Å². The van der Waals surface area contributed by atoms with Gasteiger partial charge in [-0.05, 0) is 29.0 Å². The van der Waals surface area contributed by atoms with Gasteiger partial charge in [-0.3, -0.25) is 9.78 Å². The minimum atomic E-state index is -0.161. The third-order valence-electron chi connectivity index (χ3n) is 2.54. The first-order valence-electron chi connectivity index (χ1n) is 5.01. The molecule has 0 atom stereocenters. The highest BCUT2D eigenvalue weighted by Crippen LogP contribution is 2.24. The second-order valence-corrected chi connectivity index (χ2v) is 4.43. The molecule has 0 aliphatic carbocycles. The maximum Gasteiger partial charge on any atom is 0.323 e. The van der Waals surface area contributed by atoms with Crippen LogP contribution in [0.15, 0.2) is 41.2 Å². The van der Waals surface area contributed by atoms with E-state index in [0.717, 1.165) is 27.9 Å². The summed E-state index contributed by atoms with van der Waals surface area (Å²) in [6, 6.07) is 10.9. The molecule has 0 saturated carbocycles. The molecule has 0 fully saturated rings. The van der Waals surface area contributed by atoms with Gasteiger partial charge in [-0.25, -0.2) is 0 Å². The van der Waals surface area contributed by atoms with E-state index in [-0.39, 0.29) is 10.6 Å². The van der Waals surface area contributed by atoms with Crippen molar-refractivity contribution in [1.29, 1.82) is 0 Å². The highest BCUT2D eigenvalue weighted by Gasteiger charge is 2.04. The smallest absolute Gasteiger partial charge is 0.323 e. The first kappa shape index (κ1) is 10.0. The van der Waals surface area contributed by atoms with Gasteiger partial charge in [-0.15, -0.1) is 0 Å². The number of hydrogen-bond donors (Lipinski definition) is 2. The highest BCUT2D eigenvalue weighted by atomic mass is 32.1. The van der Waals surface area contributed by atoms with Crippen molar-refractivity contribution in [1.82, 2.24) is 9.36 Å². The van der Waals surface area contributed by atoms with Crippen LogP contribution in [0, 0.1) is 0 Å². The predicted molar refractivity (Wildman–Crippen MR) is 67.3 cm³/mol. The quantitative estimate of drug-likeness (QED) is 0.690. The van der Waals surface area contributed by atoms with Gasteiger partial charge in [0.1, 0.15) is 5.75 Å². The third kappa shape index (κ3) is 1.81. The fraction of sp³-hybridized carbons (Fsp3) is 0. The number of hydrogen-bond acceptors (Lipinski definition) is 4. The number of aromatic nitrogens is 2. The van der Waals surface area contributed by atoms with E-state index in [1.807, 2.05) is 24.3 Å². The summed E-state index contributed by atoms with van der Waals surface area (Å²) in [5.74, 6) is 0.822. The maximum absolute atomic E-state index is 11.0. The second-order valence-electron chi connectivity index (χ2n) is 3.69. The number of aromatic hydroxyl groups is 1. The van der Waals surface area contributed by atoms with Crippen LogP contribution in [0.25, 0.3) is 22.2 Å². The molecule has 0 spiro atoms. The van der Waals surface area contributed by atoms with Crippen LogP contribution in [0.1, 0.15) is 0 Å². The highest BCUT2D eigenvalue weighted by molar-refractivity contribution is 7.03. The summed E-state index contributed by atoms with van der Waals surface area (Å²) in [5.41, 5.74) is 0.863.